The molecule has 0 aliphatic heterocycles. The van der Waals surface area contributed by atoms with Gasteiger partial charge in [0.15, 0.2) is 4.90 Å². The number of carbonyl (C=O) groups is 1. The number of aryl methyl sites for hydroxylation is 1. The molecule has 1 N–H and O–H groups in total. The molecule has 2 heterocycles. The van der Waals surface area contributed by atoms with E-state index in [-0.39, 0.29) is 33.7 Å². The van der Waals surface area contributed by atoms with Crippen molar-refractivity contribution in [2.75, 3.05) is 14.2 Å². The number of nitrogens with one attached hydrogen (secondary N) is 1. The molecule has 7 nitrogen and oxygen atoms in total. The summed E-state index contributed by atoms with van der Waals surface area (Å²) >= 11 is 1.37. The van der Waals surface area contributed by atoms with Crippen LogP contribution < -0.4 is 14.8 Å². The van der Waals surface area contributed by atoms with Gasteiger partial charge in [-0.2, -0.15) is 0 Å². The van der Waals surface area contributed by atoms with E-state index >= 15 is 0 Å². The van der Waals surface area contributed by atoms with Gasteiger partial charge in [0, 0.05) is 18.9 Å². The molecule has 0 spiro atoms. The Hall–Kier alpha value is -3.43. The number of rotatable bonds is 7. The fourth-order valence-electron chi connectivity index (χ4n) is 3.45. The smallest absolute Gasteiger partial charge is 0.261 e. The summed E-state index contributed by atoms with van der Waals surface area (Å²) in [6.45, 7) is 2.10. The first-order chi connectivity index (χ1) is 15.8. The molecule has 0 fully saturated rings. The highest BCUT2D eigenvalue weighted by Crippen LogP contribution is 2.38. The fraction of sp³-hybridized carbons (Fsp3) is 0.167. The summed E-state index contributed by atoms with van der Waals surface area (Å²) in [7, 11) is -1.04. The summed E-state index contributed by atoms with van der Waals surface area (Å²) in [4.78, 5) is 17.3. The molecule has 2 aromatic heterocycles. The number of pyridine rings is 1. The zero-order valence-corrected chi connectivity index (χ0v) is 19.9. The second-order valence-corrected chi connectivity index (χ2v) is 10.3. The Morgan fingerprint density at radius 2 is 1.70 bits per heavy atom. The number of hydrogen-bond donors (Lipinski definition) is 1. The summed E-state index contributed by atoms with van der Waals surface area (Å²) in [6, 6.07) is 13.4. The van der Waals surface area contributed by atoms with E-state index in [0.29, 0.717) is 4.88 Å². The Morgan fingerprint density at radius 3 is 2.30 bits per heavy atom. The van der Waals surface area contributed by atoms with Gasteiger partial charge in [-0.3, -0.25) is 9.78 Å². The minimum Gasteiger partial charge on any atom is -0.495 e. The molecule has 0 bridgehead atoms. The lowest BCUT2D eigenvalue weighted by Gasteiger charge is -2.15. The van der Waals surface area contributed by atoms with Crippen LogP contribution in [0.2, 0.25) is 0 Å². The maximum Gasteiger partial charge on any atom is 0.261 e. The molecule has 170 valence electrons. The number of hydrogen-bond acceptors (Lipinski definition) is 7. The van der Waals surface area contributed by atoms with Crippen molar-refractivity contribution in [1.82, 2.24) is 10.3 Å². The summed E-state index contributed by atoms with van der Waals surface area (Å²) in [5.41, 5.74) is 1.59. The Labute approximate surface area is 195 Å². The van der Waals surface area contributed by atoms with Crippen LogP contribution in [0.3, 0.4) is 0 Å². The summed E-state index contributed by atoms with van der Waals surface area (Å²) < 4.78 is 38.2. The van der Waals surface area contributed by atoms with Gasteiger partial charge in [-0.05, 0) is 59.8 Å². The summed E-state index contributed by atoms with van der Waals surface area (Å²) in [5.74, 6) is 0.255. The molecule has 0 saturated carbocycles. The molecule has 33 heavy (non-hydrogen) atoms. The first kappa shape index (κ1) is 22.8. The van der Waals surface area contributed by atoms with Gasteiger partial charge >= 0.3 is 0 Å². The lowest BCUT2D eigenvalue weighted by molar-refractivity contribution is 0.0955. The van der Waals surface area contributed by atoms with Gasteiger partial charge in [0.05, 0.1) is 28.7 Å². The standard InChI is InChI=1S/C24H22N2O5S2/c1-15-10-19(30-2)23(20(11-15)31-3)33(28,29)18-6-4-16(5-7-18)13-26-24(27)21-12-17-8-9-25-14-22(17)32-21/h4-12,14H,13H2,1-3H3,(H,26,27). The van der Waals surface area contributed by atoms with E-state index < -0.39 is 9.84 Å². The van der Waals surface area contributed by atoms with Crippen molar-refractivity contribution in [1.29, 1.82) is 0 Å². The predicted molar refractivity (Wildman–Crippen MR) is 127 cm³/mol. The van der Waals surface area contributed by atoms with E-state index in [9.17, 15) is 13.2 Å². The number of ether oxygens (including phenoxy) is 2. The van der Waals surface area contributed by atoms with Crippen LogP contribution in [0, 0.1) is 6.92 Å². The number of thiophene rings is 1. The van der Waals surface area contributed by atoms with Gasteiger partial charge in [0.2, 0.25) is 9.84 Å². The summed E-state index contributed by atoms with van der Waals surface area (Å²) in [5, 5.41) is 3.84. The third-order valence-electron chi connectivity index (χ3n) is 5.11. The van der Waals surface area contributed by atoms with Crippen LogP contribution in [0.1, 0.15) is 20.8 Å². The highest BCUT2D eigenvalue weighted by Gasteiger charge is 2.27. The molecule has 0 atom stereocenters. The van der Waals surface area contributed by atoms with Crippen molar-refractivity contribution in [3.8, 4) is 11.5 Å². The van der Waals surface area contributed by atoms with E-state index in [1.54, 1.807) is 36.7 Å². The minimum absolute atomic E-state index is 0.0154. The molecular weight excluding hydrogens is 460 g/mol. The van der Waals surface area contributed by atoms with Crippen LogP contribution in [0.5, 0.6) is 11.5 Å². The average Bonchev–Trinajstić information content (AvgIpc) is 3.26. The van der Waals surface area contributed by atoms with Crippen LogP contribution in [0.4, 0.5) is 0 Å². The van der Waals surface area contributed by atoms with E-state index in [1.165, 1.54) is 37.7 Å². The first-order valence-electron chi connectivity index (χ1n) is 10.0. The van der Waals surface area contributed by atoms with Crippen LogP contribution in [0.25, 0.3) is 10.1 Å². The first-order valence-corrected chi connectivity index (χ1v) is 12.3. The van der Waals surface area contributed by atoms with Gasteiger partial charge in [0.25, 0.3) is 5.91 Å². The molecular formula is C24H22N2O5S2. The normalized spacial score (nSPS) is 11.4. The van der Waals surface area contributed by atoms with Crippen molar-refractivity contribution in [3.63, 3.8) is 0 Å². The Morgan fingerprint density at radius 1 is 1.03 bits per heavy atom. The quantitative estimate of drug-likeness (QED) is 0.420. The molecule has 0 aliphatic rings. The van der Waals surface area contributed by atoms with E-state index in [1.807, 2.05) is 19.1 Å². The van der Waals surface area contributed by atoms with Crippen molar-refractivity contribution in [2.24, 2.45) is 0 Å². The lowest BCUT2D eigenvalue weighted by Crippen LogP contribution is -2.21. The number of benzene rings is 2. The van der Waals surface area contributed by atoms with Gasteiger partial charge in [-0.25, -0.2) is 8.42 Å². The largest absolute Gasteiger partial charge is 0.495 e. The van der Waals surface area contributed by atoms with Crippen molar-refractivity contribution >= 4 is 37.2 Å². The van der Waals surface area contributed by atoms with Gasteiger partial charge < -0.3 is 14.8 Å². The molecule has 4 aromatic rings. The van der Waals surface area contributed by atoms with Crippen molar-refractivity contribution in [2.45, 2.75) is 23.3 Å². The maximum atomic E-state index is 13.3. The number of amides is 1. The Kier molecular flexibility index (Phi) is 6.35. The third-order valence-corrected chi connectivity index (χ3v) is 8.02. The SMILES string of the molecule is COc1cc(C)cc(OC)c1S(=O)(=O)c1ccc(CNC(=O)c2cc3ccncc3s2)cc1. The number of carbonyl (C=O) groups excluding carboxylic acids is 1. The molecule has 0 radical (unpaired) electrons. The molecule has 4 rings (SSSR count). The minimum atomic E-state index is -3.89. The number of fused-ring (bicyclic) bond motifs is 1. The predicted octanol–water partition coefficient (Wildman–Crippen LogP) is 4.38. The highest BCUT2D eigenvalue weighted by molar-refractivity contribution is 7.91. The maximum absolute atomic E-state index is 13.3. The number of sulfone groups is 1. The highest BCUT2D eigenvalue weighted by atomic mass is 32.2. The fourth-order valence-corrected chi connectivity index (χ4v) is 5.94. The lowest BCUT2D eigenvalue weighted by atomic mass is 10.2. The number of methoxy groups -OCH3 is 2. The third kappa shape index (κ3) is 4.55. The Balaban J connectivity index is 1.53. The monoisotopic (exact) mass is 482 g/mol. The molecule has 0 unspecified atom stereocenters. The van der Waals surface area contributed by atoms with Gasteiger partial charge in [-0.1, -0.05) is 12.1 Å². The molecule has 0 aliphatic carbocycles. The molecule has 1 amide bonds. The second-order valence-electron chi connectivity index (χ2n) is 7.35. The van der Waals surface area contributed by atoms with E-state index in [4.69, 9.17) is 9.47 Å². The zero-order valence-electron chi connectivity index (χ0n) is 18.3. The topological polar surface area (TPSA) is 94.6 Å². The molecule has 0 saturated heterocycles. The van der Waals surface area contributed by atoms with E-state index in [0.717, 1.165) is 21.2 Å². The van der Waals surface area contributed by atoms with Crippen molar-refractivity contribution in [3.05, 3.63) is 76.9 Å². The van der Waals surface area contributed by atoms with E-state index in [2.05, 4.69) is 10.3 Å². The number of nitrogens with zero attached hydrogens (tertiary/aromatic N) is 1. The zero-order chi connectivity index (χ0) is 23.6. The Bertz CT molecular complexity index is 1370. The average molecular weight is 483 g/mol. The van der Waals surface area contributed by atoms with Crippen LogP contribution in [0.15, 0.2) is 70.7 Å². The second kappa shape index (κ2) is 9.21. The van der Waals surface area contributed by atoms with Crippen LogP contribution >= 0.6 is 11.3 Å². The van der Waals surface area contributed by atoms with Crippen LogP contribution in [-0.4, -0.2) is 33.5 Å². The number of aromatic nitrogens is 1. The van der Waals surface area contributed by atoms with Gasteiger partial charge in [-0.15, -0.1) is 11.3 Å². The van der Waals surface area contributed by atoms with Crippen LogP contribution in [-0.2, 0) is 16.4 Å². The summed E-state index contributed by atoms with van der Waals surface area (Å²) in [6.07, 6.45) is 3.42. The van der Waals surface area contributed by atoms with Crippen molar-refractivity contribution < 1.29 is 22.7 Å². The molecule has 2 aromatic carbocycles. The molecule has 9 heteroatoms. The van der Waals surface area contributed by atoms with Gasteiger partial charge in [0.1, 0.15) is 11.5 Å².